The maximum Gasteiger partial charge on any atom is 0.335 e. The van der Waals surface area contributed by atoms with E-state index in [2.05, 4.69) is 4.74 Å². The molecule has 0 aromatic rings. The van der Waals surface area contributed by atoms with Gasteiger partial charge in [-0.15, -0.1) is 0 Å². The Labute approximate surface area is 70.2 Å². The van der Waals surface area contributed by atoms with Crippen LogP contribution in [0.25, 0.3) is 0 Å². The van der Waals surface area contributed by atoms with Gasteiger partial charge in [-0.2, -0.15) is 0 Å². The number of esters is 1. The summed E-state index contributed by atoms with van der Waals surface area (Å²) in [5.74, 6) is -0.478. The number of ether oxygens (including phenoxy) is 3. The summed E-state index contributed by atoms with van der Waals surface area (Å²) in [6.45, 7) is 0. The van der Waals surface area contributed by atoms with Gasteiger partial charge in [-0.05, 0) is 0 Å². The second-order valence-electron chi connectivity index (χ2n) is 2.56. The summed E-state index contributed by atoms with van der Waals surface area (Å²) >= 11 is 0. The average Bonchev–Trinajstić information content (AvgIpc) is 2.45. The lowest BCUT2D eigenvalue weighted by molar-refractivity contribution is -0.174. The van der Waals surface area contributed by atoms with Crippen molar-refractivity contribution in [3.8, 4) is 0 Å². The van der Waals surface area contributed by atoms with Gasteiger partial charge in [-0.3, -0.25) is 0 Å². The van der Waals surface area contributed by atoms with Gasteiger partial charge >= 0.3 is 5.97 Å². The molecule has 1 heterocycles. The molecule has 1 aliphatic heterocycles. The Morgan fingerprint density at radius 1 is 1.58 bits per heavy atom. The van der Waals surface area contributed by atoms with Crippen molar-refractivity contribution in [1.82, 2.24) is 0 Å². The van der Waals surface area contributed by atoms with E-state index in [1.54, 1.807) is 0 Å². The van der Waals surface area contributed by atoms with E-state index in [9.17, 15) is 9.90 Å². The van der Waals surface area contributed by atoms with Gasteiger partial charge < -0.3 is 19.3 Å². The van der Waals surface area contributed by atoms with Gasteiger partial charge in [0, 0.05) is 13.5 Å². The molecular formula is C7H12O5. The predicted octanol–water partition coefficient (Wildman–Crippen LogP) is -0.718. The minimum absolute atomic E-state index is 0.227. The Bertz CT molecular complexity index is 169. The zero-order valence-corrected chi connectivity index (χ0v) is 7.02. The number of rotatable bonds is 2. The van der Waals surface area contributed by atoms with Crippen molar-refractivity contribution >= 4 is 5.97 Å². The van der Waals surface area contributed by atoms with E-state index in [4.69, 9.17) is 9.47 Å². The van der Waals surface area contributed by atoms with Crippen molar-refractivity contribution in [1.29, 1.82) is 0 Å². The van der Waals surface area contributed by atoms with Crippen LogP contribution in [0, 0.1) is 0 Å². The van der Waals surface area contributed by atoms with Gasteiger partial charge in [0.15, 0.2) is 12.4 Å². The quantitative estimate of drug-likeness (QED) is 0.562. The summed E-state index contributed by atoms with van der Waals surface area (Å²) in [6.07, 6.45) is -1.94. The summed E-state index contributed by atoms with van der Waals surface area (Å²) in [5, 5.41) is 9.25. The fourth-order valence-electron chi connectivity index (χ4n) is 1.13. The lowest BCUT2D eigenvalue weighted by Gasteiger charge is -2.11. The highest BCUT2D eigenvalue weighted by Gasteiger charge is 2.38. The van der Waals surface area contributed by atoms with Crippen LogP contribution in [0.4, 0.5) is 0 Å². The van der Waals surface area contributed by atoms with Crippen molar-refractivity contribution < 1.29 is 24.1 Å². The van der Waals surface area contributed by atoms with Gasteiger partial charge in [-0.25, -0.2) is 4.79 Å². The van der Waals surface area contributed by atoms with Crippen molar-refractivity contribution in [2.75, 3.05) is 14.2 Å². The van der Waals surface area contributed by atoms with Crippen LogP contribution in [0.3, 0.4) is 0 Å². The van der Waals surface area contributed by atoms with Crippen LogP contribution < -0.4 is 0 Å². The monoisotopic (exact) mass is 176 g/mol. The zero-order chi connectivity index (χ0) is 9.14. The van der Waals surface area contributed by atoms with Crippen molar-refractivity contribution in [3.63, 3.8) is 0 Å². The molecule has 1 saturated heterocycles. The summed E-state index contributed by atoms with van der Waals surface area (Å²) in [6, 6.07) is 0. The Morgan fingerprint density at radius 2 is 2.25 bits per heavy atom. The highest BCUT2D eigenvalue weighted by Crippen LogP contribution is 2.21. The maximum absolute atomic E-state index is 10.9. The fraction of sp³-hybridized carbons (Fsp3) is 0.857. The van der Waals surface area contributed by atoms with E-state index in [0.29, 0.717) is 0 Å². The van der Waals surface area contributed by atoms with Crippen LogP contribution >= 0.6 is 0 Å². The highest BCUT2D eigenvalue weighted by molar-refractivity contribution is 5.74. The van der Waals surface area contributed by atoms with Gasteiger partial charge in [0.2, 0.25) is 0 Å². The molecule has 0 aromatic heterocycles. The zero-order valence-electron chi connectivity index (χ0n) is 7.02. The fourth-order valence-corrected chi connectivity index (χ4v) is 1.13. The molecule has 0 amide bonds. The average molecular weight is 176 g/mol. The minimum Gasteiger partial charge on any atom is -0.467 e. The lowest BCUT2D eigenvalue weighted by atomic mass is 10.2. The first-order valence-electron chi connectivity index (χ1n) is 3.63. The minimum atomic E-state index is -0.751. The van der Waals surface area contributed by atoms with E-state index in [1.165, 1.54) is 14.2 Å². The standard InChI is InChI=1S/C7H12O5/c1-10-6(9)5-3-4(8)7(11-2)12-5/h4-5,7-8H,3H2,1-2H3/t4-,5-,7?/m1/s1. The highest BCUT2D eigenvalue weighted by atomic mass is 16.7. The third-order valence-corrected chi connectivity index (χ3v) is 1.76. The van der Waals surface area contributed by atoms with E-state index in [0.717, 1.165) is 0 Å². The van der Waals surface area contributed by atoms with Crippen LogP contribution in [0.1, 0.15) is 6.42 Å². The van der Waals surface area contributed by atoms with Crippen molar-refractivity contribution in [3.05, 3.63) is 0 Å². The van der Waals surface area contributed by atoms with Gasteiger partial charge in [-0.1, -0.05) is 0 Å². The molecule has 0 aliphatic carbocycles. The molecular weight excluding hydrogens is 164 g/mol. The van der Waals surface area contributed by atoms with Gasteiger partial charge in [0.1, 0.15) is 6.10 Å². The molecule has 70 valence electrons. The van der Waals surface area contributed by atoms with Crippen LogP contribution in [0.5, 0.6) is 0 Å². The molecule has 1 N–H and O–H groups in total. The van der Waals surface area contributed by atoms with E-state index in [-0.39, 0.29) is 6.42 Å². The summed E-state index contributed by atoms with van der Waals surface area (Å²) in [5.41, 5.74) is 0. The lowest BCUT2D eigenvalue weighted by Crippen LogP contribution is -2.24. The summed E-state index contributed by atoms with van der Waals surface area (Å²) in [7, 11) is 2.69. The second-order valence-corrected chi connectivity index (χ2v) is 2.56. The SMILES string of the molecule is COC(=O)[C@H]1C[C@@H](O)C(OC)O1. The van der Waals surface area contributed by atoms with Gasteiger partial charge in [0.05, 0.1) is 7.11 Å². The molecule has 1 fully saturated rings. The second kappa shape index (κ2) is 3.84. The number of carbonyl (C=O) groups excluding carboxylic acids is 1. The number of aliphatic hydroxyl groups excluding tert-OH is 1. The first kappa shape index (κ1) is 9.44. The molecule has 0 radical (unpaired) electrons. The summed E-state index contributed by atoms with van der Waals surface area (Å²) in [4.78, 5) is 10.9. The molecule has 5 heteroatoms. The first-order chi connectivity index (χ1) is 5.69. The molecule has 0 bridgehead atoms. The Balaban J connectivity index is 2.48. The largest absolute Gasteiger partial charge is 0.467 e. The molecule has 5 nitrogen and oxygen atoms in total. The molecule has 3 atom stereocenters. The van der Waals surface area contributed by atoms with Crippen molar-refractivity contribution in [2.45, 2.75) is 24.9 Å². The third kappa shape index (κ3) is 1.74. The van der Waals surface area contributed by atoms with E-state index in [1.807, 2.05) is 0 Å². The number of methoxy groups -OCH3 is 2. The van der Waals surface area contributed by atoms with Crippen LogP contribution in [0.2, 0.25) is 0 Å². The molecule has 1 rings (SSSR count). The van der Waals surface area contributed by atoms with Crippen LogP contribution in [-0.2, 0) is 19.0 Å². The first-order valence-corrected chi connectivity index (χ1v) is 3.63. The Kier molecular flexibility index (Phi) is 3.02. The Hall–Kier alpha value is -0.650. The van der Waals surface area contributed by atoms with E-state index >= 15 is 0 Å². The molecule has 0 saturated carbocycles. The third-order valence-electron chi connectivity index (χ3n) is 1.76. The number of carbonyl (C=O) groups is 1. The van der Waals surface area contributed by atoms with Crippen LogP contribution in [-0.4, -0.2) is 43.8 Å². The van der Waals surface area contributed by atoms with E-state index < -0.39 is 24.5 Å². The number of hydrogen-bond donors (Lipinski definition) is 1. The molecule has 0 aromatic carbocycles. The predicted molar refractivity (Wildman–Crippen MR) is 38.3 cm³/mol. The number of hydrogen-bond acceptors (Lipinski definition) is 5. The van der Waals surface area contributed by atoms with Gasteiger partial charge in [0.25, 0.3) is 0 Å². The van der Waals surface area contributed by atoms with Crippen LogP contribution in [0.15, 0.2) is 0 Å². The molecule has 0 spiro atoms. The molecule has 12 heavy (non-hydrogen) atoms. The Morgan fingerprint density at radius 3 is 2.67 bits per heavy atom. The topological polar surface area (TPSA) is 65.0 Å². The normalized spacial score (nSPS) is 35.1. The smallest absolute Gasteiger partial charge is 0.335 e. The number of aliphatic hydroxyl groups is 1. The molecule has 1 unspecified atom stereocenters. The molecule has 1 aliphatic rings. The van der Waals surface area contributed by atoms with Crippen molar-refractivity contribution in [2.24, 2.45) is 0 Å². The maximum atomic E-state index is 10.9. The summed E-state index contributed by atoms with van der Waals surface area (Å²) < 4.78 is 14.2.